The Bertz CT molecular complexity index is 799. The number of alkyl halides is 5. The van der Waals surface area contributed by atoms with Crippen LogP contribution in [0.4, 0.5) is 27.1 Å². The molecule has 1 aromatic heterocycles. The van der Waals surface area contributed by atoms with Crippen molar-refractivity contribution in [3.8, 4) is 0 Å². The Labute approximate surface area is 188 Å². The van der Waals surface area contributed by atoms with E-state index in [9.17, 15) is 26.7 Å². The molecule has 0 aromatic carbocycles. The summed E-state index contributed by atoms with van der Waals surface area (Å²) in [5.41, 5.74) is 1.01. The lowest BCUT2D eigenvalue weighted by atomic mass is 9.84. The number of rotatable bonds is 7. The van der Waals surface area contributed by atoms with Gasteiger partial charge in [0.2, 0.25) is 5.91 Å². The molecule has 0 radical (unpaired) electrons. The van der Waals surface area contributed by atoms with Gasteiger partial charge in [-0.05, 0) is 51.0 Å². The van der Waals surface area contributed by atoms with Crippen molar-refractivity contribution in [1.82, 2.24) is 15.2 Å². The highest BCUT2D eigenvalue weighted by molar-refractivity contribution is 7.15. The van der Waals surface area contributed by atoms with Crippen molar-refractivity contribution in [2.45, 2.75) is 76.1 Å². The van der Waals surface area contributed by atoms with Crippen LogP contribution >= 0.6 is 11.3 Å². The number of amides is 1. The summed E-state index contributed by atoms with van der Waals surface area (Å²) < 4.78 is 63.0. The SMILES string of the molecule is O=C(CCC(F)(F)F)N[C@H]1CC[C@H](CCN2CCc3sc(N4CC(F)(F)C4)nc3C2)CC1. The number of hydrogen-bond acceptors (Lipinski definition) is 5. The second-order valence-electron chi connectivity index (χ2n) is 9.29. The maximum Gasteiger partial charge on any atom is 0.389 e. The monoisotopic (exact) mass is 480 g/mol. The Morgan fingerprint density at radius 1 is 1.19 bits per heavy atom. The largest absolute Gasteiger partial charge is 0.389 e. The molecule has 2 fully saturated rings. The molecule has 0 unspecified atom stereocenters. The number of anilines is 1. The quantitative estimate of drug-likeness (QED) is 0.589. The minimum absolute atomic E-state index is 0.0214. The topological polar surface area (TPSA) is 48.5 Å². The van der Waals surface area contributed by atoms with Gasteiger partial charge in [0.05, 0.1) is 25.2 Å². The summed E-state index contributed by atoms with van der Waals surface area (Å²) in [4.78, 5) is 21.5. The number of nitrogens with one attached hydrogen (secondary N) is 1. The van der Waals surface area contributed by atoms with Gasteiger partial charge in [0.1, 0.15) is 0 Å². The van der Waals surface area contributed by atoms with Gasteiger partial charge < -0.3 is 10.2 Å². The van der Waals surface area contributed by atoms with E-state index >= 15 is 0 Å². The van der Waals surface area contributed by atoms with Gasteiger partial charge in [-0.25, -0.2) is 13.8 Å². The van der Waals surface area contributed by atoms with Crippen molar-refractivity contribution in [2.24, 2.45) is 5.92 Å². The number of aromatic nitrogens is 1. The summed E-state index contributed by atoms with van der Waals surface area (Å²) in [6, 6.07) is -0.0214. The number of thiazole rings is 1. The molecule has 0 spiro atoms. The minimum Gasteiger partial charge on any atom is -0.353 e. The van der Waals surface area contributed by atoms with Gasteiger partial charge in [0.25, 0.3) is 5.92 Å². The van der Waals surface area contributed by atoms with E-state index in [1.807, 2.05) is 0 Å². The number of nitrogens with zero attached hydrogens (tertiary/aromatic N) is 3. The van der Waals surface area contributed by atoms with Crippen LogP contribution < -0.4 is 10.2 Å². The fraction of sp³-hybridized carbons (Fsp3) is 0.810. The third-order valence-corrected chi connectivity index (χ3v) is 7.83. The third-order valence-electron chi connectivity index (χ3n) is 6.61. The molecule has 0 atom stereocenters. The predicted molar refractivity (Wildman–Crippen MR) is 112 cm³/mol. The van der Waals surface area contributed by atoms with E-state index in [0.717, 1.165) is 63.9 Å². The lowest BCUT2D eigenvalue weighted by Gasteiger charge is -2.38. The van der Waals surface area contributed by atoms with Crippen LogP contribution in [-0.4, -0.2) is 60.1 Å². The summed E-state index contributed by atoms with van der Waals surface area (Å²) in [7, 11) is 0. The van der Waals surface area contributed by atoms with Gasteiger partial charge in [-0.15, -0.1) is 11.3 Å². The summed E-state index contributed by atoms with van der Waals surface area (Å²) >= 11 is 1.54. The molecule has 5 nitrogen and oxygen atoms in total. The number of halogens is 5. The Morgan fingerprint density at radius 3 is 2.56 bits per heavy atom. The summed E-state index contributed by atoms with van der Waals surface area (Å²) in [5.74, 6) is -2.56. The molecule has 1 N–H and O–H groups in total. The van der Waals surface area contributed by atoms with Gasteiger partial charge in [-0.2, -0.15) is 13.2 Å². The van der Waals surface area contributed by atoms with Crippen LogP contribution in [0.3, 0.4) is 0 Å². The lowest BCUT2D eigenvalue weighted by molar-refractivity contribution is -0.144. The molecular weight excluding hydrogens is 451 g/mol. The highest BCUT2D eigenvalue weighted by Gasteiger charge is 2.45. The molecule has 0 bridgehead atoms. The van der Waals surface area contributed by atoms with Gasteiger partial charge in [-0.1, -0.05) is 0 Å². The van der Waals surface area contributed by atoms with Crippen molar-refractivity contribution >= 4 is 22.4 Å². The van der Waals surface area contributed by atoms with E-state index in [-0.39, 0.29) is 19.1 Å². The lowest BCUT2D eigenvalue weighted by Crippen LogP contribution is -2.56. The second-order valence-corrected chi connectivity index (χ2v) is 10.4. The van der Waals surface area contributed by atoms with E-state index in [2.05, 4.69) is 15.2 Å². The smallest absolute Gasteiger partial charge is 0.353 e. The molecule has 3 heterocycles. The van der Waals surface area contributed by atoms with Crippen molar-refractivity contribution < 1.29 is 26.7 Å². The average Bonchev–Trinajstić information content (AvgIpc) is 3.12. The number of fused-ring (bicyclic) bond motifs is 1. The molecule has 1 saturated carbocycles. The molecular formula is C21H29F5N4OS. The molecule has 1 amide bonds. The maximum atomic E-state index is 13.1. The average molecular weight is 481 g/mol. The van der Waals surface area contributed by atoms with Crippen molar-refractivity contribution in [3.05, 3.63) is 10.6 Å². The van der Waals surface area contributed by atoms with Gasteiger partial charge in [0, 0.05) is 30.4 Å². The highest BCUT2D eigenvalue weighted by Crippen LogP contribution is 2.37. The molecule has 11 heteroatoms. The van der Waals surface area contributed by atoms with E-state index in [1.165, 1.54) is 16.2 Å². The van der Waals surface area contributed by atoms with Crippen molar-refractivity contribution in [2.75, 3.05) is 31.1 Å². The highest BCUT2D eigenvalue weighted by atomic mass is 32.1. The van der Waals surface area contributed by atoms with Crippen LogP contribution in [0.5, 0.6) is 0 Å². The van der Waals surface area contributed by atoms with Crippen LogP contribution in [-0.2, 0) is 17.8 Å². The summed E-state index contributed by atoms with van der Waals surface area (Å²) in [6.45, 7) is 2.15. The first-order valence-electron chi connectivity index (χ1n) is 11.3. The first kappa shape index (κ1) is 23.7. The van der Waals surface area contributed by atoms with Crippen molar-refractivity contribution in [1.29, 1.82) is 0 Å². The van der Waals surface area contributed by atoms with E-state index < -0.39 is 30.8 Å². The zero-order valence-corrected chi connectivity index (χ0v) is 18.7. The predicted octanol–water partition coefficient (Wildman–Crippen LogP) is 4.36. The molecule has 1 aliphatic carbocycles. The first-order valence-corrected chi connectivity index (χ1v) is 12.1. The molecule has 32 heavy (non-hydrogen) atoms. The van der Waals surface area contributed by atoms with Crippen LogP contribution in [0.2, 0.25) is 0 Å². The Kier molecular flexibility index (Phi) is 6.95. The van der Waals surface area contributed by atoms with Crippen LogP contribution in [0.1, 0.15) is 55.5 Å². The van der Waals surface area contributed by atoms with Gasteiger partial charge in [0.15, 0.2) is 5.13 Å². The molecule has 180 valence electrons. The Hall–Kier alpha value is -1.49. The molecule has 1 aromatic rings. The summed E-state index contributed by atoms with van der Waals surface area (Å²) in [5, 5.41) is 3.45. The molecule has 1 saturated heterocycles. The van der Waals surface area contributed by atoms with E-state index in [0.29, 0.717) is 11.0 Å². The Morgan fingerprint density at radius 2 is 1.91 bits per heavy atom. The molecule has 4 rings (SSSR count). The standard InChI is InChI=1S/C21H29F5N4OS/c22-20(23)12-30(13-20)19-28-16-11-29(10-7-17(16)32-19)9-6-14-1-3-15(4-2-14)27-18(31)5-8-21(24,25)26/h14-15H,1-13H2,(H,27,31)/t14-,15-. The normalized spacial score (nSPS) is 25.8. The number of hydrogen-bond donors (Lipinski definition) is 1. The first-order chi connectivity index (χ1) is 15.1. The van der Waals surface area contributed by atoms with Gasteiger partial charge >= 0.3 is 6.18 Å². The number of carbonyl (C=O) groups excluding carboxylic acids is 1. The third kappa shape index (κ3) is 6.30. The van der Waals surface area contributed by atoms with Crippen LogP contribution in [0.15, 0.2) is 0 Å². The maximum absolute atomic E-state index is 13.1. The zero-order valence-electron chi connectivity index (χ0n) is 17.9. The van der Waals surface area contributed by atoms with Crippen LogP contribution in [0, 0.1) is 5.92 Å². The number of carbonyl (C=O) groups is 1. The summed E-state index contributed by atoms with van der Waals surface area (Å²) in [6.07, 6.45) is -0.386. The Balaban J connectivity index is 1.15. The molecule has 3 aliphatic rings. The van der Waals surface area contributed by atoms with E-state index in [1.54, 1.807) is 4.90 Å². The van der Waals surface area contributed by atoms with Gasteiger partial charge in [-0.3, -0.25) is 9.69 Å². The van der Waals surface area contributed by atoms with Crippen LogP contribution in [0.25, 0.3) is 0 Å². The molecule has 2 aliphatic heterocycles. The van der Waals surface area contributed by atoms with Crippen molar-refractivity contribution in [3.63, 3.8) is 0 Å². The zero-order chi connectivity index (χ0) is 22.9. The second kappa shape index (κ2) is 9.40. The fourth-order valence-electron chi connectivity index (χ4n) is 4.73. The van der Waals surface area contributed by atoms with E-state index in [4.69, 9.17) is 0 Å². The minimum atomic E-state index is -4.30. The fourth-order valence-corrected chi connectivity index (χ4v) is 5.78.